The minimum atomic E-state index is 0. The van der Waals surface area contributed by atoms with E-state index in [1.807, 2.05) is 42.5 Å². The Morgan fingerprint density at radius 2 is 1.85 bits per heavy atom. The predicted octanol–water partition coefficient (Wildman–Crippen LogP) is 0.753. The molecule has 2 aromatic carbocycles. The van der Waals surface area contributed by atoms with E-state index in [-0.39, 0.29) is 96.7 Å². The SMILES string of the molecule is O=[C-]O.[CH2-]c1cccc(C(=O)CCc2[c-]nc(-c3ccccc3)o2)c1.[Rb+].[Y]. The molecule has 5 nitrogen and oxygen atoms in total. The van der Waals surface area contributed by atoms with Gasteiger partial charge in [-0.2, -0.15) is 24.6 Å². The number of ketones is 1. The molecule has 0 unspecified atom stereocenters. The molecule has 1 N–H and O–H groups in total. The van der Waals surface area contributed by atoms with Crippen LogP contribution in [0.2, 0.25) is 0 Å². The van der Waals surface area contributed by atoms with E-state index in [0.29, 0.717) is 36.5 Å². The molecular formula is C20H16NO4RbY-2. The van der Waals surface area contributed by atoms with Crippen molar-refractivity contribution in [1.82, 2.24) is 4.98 Å². The number of oxazole rings is 1. The summed E-state index contributed by atoms with van der Waals surface area (Å²) < 4.78 is 5.65. The van der Waals surface area contributed by atoms with E-state index in [0.717, 1.165) is 11.1 Å². The molecule has 3 rings (SSSR count). The number of nitrogens with zero attached hydrogens (tertiary/aromatic N) is 1. The first-order valence-corrected chi connectivity index (χ1v) is 7.53. The zero-order chi connectivity index (χ0) is 18.1. The van der Waals surface area contributed by atoms with Gasteiger partial charge in [0.05, 0.1) is 5.89 Å². The molecule has 0 fully saturated rings. The monoisotopic (exact) mass is 508 g/mol. The van der Waals surface area contributed by atoms with Gasteiger partial charge in [0, 0.05) is 44.9 Å². The van der Waals surface area contributed by atoms with Crippen LogP contribution in [0.3, 0.4) is 0 Å². The van der Waals surface area contributed by atoms with Gasteiger partial charge < -0.3 is 19.3 Å². The maximum Gasteiger partial charge on any atom is 1.00 e. The zero-order valence-electron chi connectivity index (χ0n) is 15.0. The van der Waals surface area contributed by atoms with Gasteiger partial charge in [-0.3, -0.25) is 4.79 Å². The third kappa shape index (κ3) is 9.07. The van der Waals surface area contributed by atoms with Crippen LogP contribution in [0.5, 0.6) is 0 Å². The first-order valence-electron chi connectivity index (χ1n) is 7.53. The Morgan fingerprint density at radius 3 is 2.48 bits per heavy atom. The van der Waals surface area contributed by atoms with Gasteiger partial charge >= 0.3 is 58.2 Å². The molecule has 0 bridgehead atoms. The van der Waals surface area contributed by atoms with Crippen LogP contribution >= 0.6 is 0 Å². The van der Waals surface area contributed by atoms with Gasteiger partial charge in [-0.25, -0.2) is 0 Å². The summed E-state index contributed by atoms with van der Waals surface area (Å²) in [4.78, 5) is 24.5. The molecule has 0 amide bonds. The van der Waals surface area contributed by atoms with Crippen molar-refractivity contribution in [1.29, 1.82) is 0 Å². The Morgan fingerprint density at radius 1 is 1.19 bits per heavy atom. The van der Waals surface area contributed by atoms with E-state index in [9.17, 15) is 4.79 Å². The largest absolute Gasteiger partial charge is 1.00 e. The van der Waals surface area contributed by atoms with Crippen LogP contribution in [0.4, 0.5) is 0 Å². The van der Waals surface area contributed by atoms with Crippen LogP contribution < -0.4 is 58.2 Å². The molecule has 0 aliphatic heterocycles. The summed E-state index contributed by atoms with van der Waals surface area (Å²) in [6.45, 7) is 4.33. The van der Waals surface area contributed by atoms with Crippen molar-refractivity contribution in [3.63, 3.8) is 0 Å². The van der Waals surface area contributed by atoms with Gasteiger partial charge in [0.15, 0.2) is 5.78 Å². The third-order valence-corrected chi connectivity index (χ3v) is 3.35. The number of aromatic nitrogens is 1. The number of benzene rings is 2. The van der Waals surface area contributed by atoms with Crippen LogP contribution in [0.25, 0.3) is 11.5 Å². The second-order valence-corrected chi connectivity index (χ2v) is 5.13. The number of aryl methyl sites for hydroxylation is 1. The fourth-order valence-electron chi connectivity index (χ4n) is 2.20. The van der Waals surface area contributed by atoms with Crippen LogP contribution in [0.15, 0.2) is 59.0 Å². The van der Waals surface area contributed by atoms with Crippen LogP contribution in [-0.4, -0.2) is 22.3 Å². The molecule has 1 aromatic heterocycles. The number of aliphatic hydroxyl groups excluding tert-OH is 1. The number of carbonyl (C=O) groups excluding carboxylic acids is 1. The van der Waals surface area contributed by atoms with Crippen molar-refractivity contribution in [3.8, 4) is 11.5 Å². The minimum Gasteiger partial charge on any atom is -0.665 e. The maximum atomic E-state index is 12.1. The van der Waals surface area contributed by atoms with Crippen LogP contribution in [0, 0.1) is 13.1 Å². The molecule has 0 aliphatic carbocycles. The Labute approximate surface area is 232 Å². The van der Waals surface area contributed by atoms with Crippen molar-refractivity contribution in [3.05, 3.63) is 84.6 Å². The summed E-state index contributed by atoms with van der Waals surface area (Å²) in [7, 11) is 0. The van der Waals surface area contributed by atoms with Crippen molar-refractivity contribution in [2.75, 3.05) is 0 Å². The Hall–Kier alpha value is -0.431. The van der Waals surface area contributed by atoms with E-state index >= 15 is 0 Å². The van der Waals surface area contributed by atoms with Gasteiger partial charge in [0.1, 0.15) is 0 Å². The zero-order valence-corrected chi connectivity index (χ0v) is 22.8. The van der Waals surface area contributed by atoms with Gasteiger partial charge in [-0.15, -0.1) is 12.3 Å². The van der Waals surface area contributed by atoms with Crippen LogP contribution in [0.1, 0.15) is 28.1 Å². The normalized spacial score (nSPS) is 9.04. The molecule has 0 saturated heterocycles. The van der Waals surface area contributed by atoms with E-state index in [2.05, 4.69) is 18.1 Å². The van der Waals surface area contributed by atoms with Gasteiger partial charge in [0.2, 0.25) is 0 Å². The van der Waals surface area contributed by atoms with Gasteiger partial charge in [0.25, 0.3) is 0 Å². The smallest absolute Gasteiger partial charge is 0.665 e. The molecular weight excluding hydrogens is 493 g/mol. The third-order valence-electron chi connectivity index (χ3n) is 3.35. The molecule has 1 radical (unpaired) electrons. The average Bonchev–Trinajstić information content (AvgIpc) is 3.10. The van der Waals surface area contributed by atoms with E-state index < -0.39 is 0 Å². The summed E-state index contributed by atoms with van der Waals surface area (Å²) in [5.74, 6) is 1.19. The molecule has 1 heterocycles. The minimum absolute atomic E-state index is 0. The van der Waals surface area contributed by atoms with Gasteiger partial charge in [-0.1, -0.05) is 42.9 Å². The van der Waals surface area contributed by atoms with E-state index in [4.69, 9.17) is 14.3 Å². The first kappa shape index (κ1) is 26.6. The fourth-order valence-corrected chi connectivity index (χ4v) is 2.20. The van der Waals surface area contributed by atoms with Crippen molar-refractivity contribution >= 4 is 12.3 Å². The molecule has 131 valence electrons. The van der Waals surface area contributed by atoms with Crippen molar-refractivity contribution in [2.24, 2.45) is 0 Å². The number of rotatable bonds is 5. The second-order valence-electron chi connectivity index (χ2n) is 5.13. The Kier molecular flexibility index (Phi) is 14.3. The predicted molar refractivity (Wildman–Crippen MR) is 92.6 cm³/mol. The molecule has 27 heavy (non-hydrogen) atoms. The standard InChI is InChI=1S/C19H15NO2.CHO2.Rb.Y/c1-14-6-5-9-16(12-14)18(21)11-10-17-13-20-19(22-17)15-7-3-2-4-8-15;2-1-3;;/h2-9,12H,1,10-11H2;(H,2,3);;/q-2;-1;+1;. The first-order chi connectivity index (χ1) is 12.1. The molecule has 0 spiro atoms. The van der Waals surface area contributed by atoms with Crippen molar-refractivity contribution < 1.29 is 110 Å². The summed E-state index contributed by atoms with van der Waals surface area (Å²) in [5.41, 5.74) is 2.42. The number of Topliss-reactive ketones (excluding diaryl/α,β-unsaturated/α-hetero) is 1. The summed E-state index contributed by atoms with van der Waals surface area (Å²) >= 11 is 0. The average molecular weight is 509 g/mol. The van der Waals surface area contributed by atoms with Crippen molar-refractivity contribution in [2.45, 2.75) is 12.8 Å². The fraction of sp³-hybridized carbons (Fsp3) is 0.100. The Bertz CT molecular complexity index is 837. The van der Waals surface area contributed by atoms with E-state index in [1.165, 1.54) is 0 Å². The van der Waals surface area contributed by atoms with E-state index in [1.54, 1.807) is 12.1 Å². The maximum absolute atomic E-state index is 12.1. The summed E-state index contributed by atoms with van der Waals surface area (Å²) in [5, 5.41) is 6.76. The second kappa shape index (κ2) is 14.6. The summed E-state index contributed by atoms with van der Waals surface area (Å²) in [6.07, 6.45) is 3.69. The van der Waals surface area contributed by atoms with Crippen LogP contribution in [-0.2, 0) is 43.9 Å². The molecule has 0 aliphatic rings. The van der Waals surface area contributed by atoms with Gasteiger partial charge in [-0.05, 0) is 17.5 Å². The molecule has 0 atom stereocenters. The topological polar surface area (TPSA) is 80.4 Å². The molecule has 3 aromatic rings. The number of hydrogen-bond acceptors (Lipinski definition) is 4. The molecule has 7 heteroatoms. The quantitative estimate of drug-likeness (QED) is 0.407. The summed E-state index contributed by atoms with van der Waals surface area (Å²) in [6, 6.07) is 16.9. The number of hydrogen-bond donors (Lipinski definition) is 1. The molecule has 0 saturated carbocycles. The number of carbonyl (C=O) groups is 1. The Balaban J connectivity index is 0.00000127.